The van der Waals surface area contributed by atoms with Crippen molar-refractivity contribution >= 4 is 7.32 Å². The molecule has 0 saturated heterocycles. The second-order valence-electron chi connectivity index (χ2n) is 4.81. The molecule has 0 fully saturated rings. The summed E-state index contributed by atoms with van der Waals surface area (Å²) >= 11 is 0. The maximum Gasteiger partial charge on any atom is 0.707 e. The molecule has 20 heavy (non-hydrogen) atoms. The molecule has 0 radical (unpaired) electrons. The van der Waals surface area contributed by atoms with Crippen LogP contribution in [0.3, 0.4) is 0 Å². The Balaban J connectivity index is 2.49. The highest BCUT2D eigenvalue weighted by Gasteiger charge is 2.19. The van der Waals surface area contributed by atoms with Crippen molar-refractivity contribution in [2.75, 3.05) is 0 Å². The van der Waals surface area contributed by atoms with Gasteiger partial charge in [-0.3, -0.25) is 0 Å². The normalized spacial score (nSPS) is 10.7. The lowest BCUT2D eigenvalue weighted by Gasteiger charge is -2.09. The summed E-state index contributed by atoms with van der Waals surface area (Å²) in [6, 6.07) is 2.63. The molecule has 0 spiro atoms. The second kappa shape index (κ2) is 8.92. The van der Waals surface area contributed by atoms with Crippen LogP contribution in [0.2, 0.25) is 0 Å². The van der Waals surface area contributed by atoms with Crippen LogP contribution in [0.25, 0.3) is 0 Å². The highest BCUT2D eigenvalue weighted by atomic mass is 19.2. The molecule has 2 N–H and O–H groups in total. The van der Waals surface area contributed by atoms with Gasteiger partial charge in [-0.05, 0) is 24.5 Å². The summed E-state index contributed by atoms with van der Waals surface area (Å²) in [5.74, 6) is -2.65. The number of hydrogen-bond donors (Lipinski definition) is 2. The zero-order valence-corrected chi connectivity index (χ0v) is 11.7. The van der Waals surface area contributed by atoms with Gasteiger partial charge in [-0.2, -0.15) is 4.39 Å². The molecule has 0 unspecified atom stereocenters. The molecule has 0 aliphatic rings. The molecule has 0 aliphatic heterocycles. The molecule has 1 rings (SSSR count). The molecule has 0 aliphatic carbocycles. The van der Waals surface area contributed by atoms with Crippen LogP contribution < -0.4 is 4.65 Å². The number of benzene rings is 1. The minimum Gasteiger partial charge on any atom is -0.509 e. The summed E-state index contributed by atoms with van der Waals surface area (Å²) in [5, 5.41) is 17.2. The molecule has 6 heteroatoms. The van der Waals surface area contributed by atoms with E-state index < -0.39 is 24.7 Å². The van der Waals surface area contributed by atoms with E-state index in [2.05, 4.69) is 11.6 Å². The maximum absolute atomic E-state index is 13.7. The van der Waals surface area contributed by atoms with Crippen molar-refractivity contribution in [2.24, 2.45) is 0 Å². The number of aryl methyl sites for hydroxylation is 1. The van der Waals surface area contributed by atoms with Gasteiger partial charge < -0.3 is 14.7 Å². The zero-order chi connectivity index (χ0) is 15.0. The highest BCUT2D eigenvalue weighted by molar-refractivity contribution is 6.33. The van der Waals surface area contributed by atoms with Crippen molar-refractivity contribution in [1.82, 2.24) is 0 Å². The molecular formula is C14H21BF2O3. The lowest BCUT2D eigenvalue weighted by Crippen LogP contribution is -2.21. The molecule has 112 valence electrons. The first-order chi connectivity index (χ1) is 9.56. The van der Waals surface area contributed by atoms with Crippen molar-refractivity contribution in [2.45, 2.75) is 51.9 Å². The first kappa shape index (κ1) is 16.9. The molecule has 0 aromatic heterocycles. The van der Waals surface area contributed by atoms with Gasteiger partial charge in [-0.25, -0.2) is 4.39 Å². The van der Waals surface area contributed by atoms with Gasteiger partial charge in [-0.1, -0.05) is 45.1 Å². The predicted octanol–water partition coefficient (Wildman–Crippen LogP) is 3.22. The van der Waals surface area contributed by atoms with Crippen LogP contribution in [0.15, 0.2) is 12.1 Å². The van der Waals surface area contributed by atoms with Gasteiger partial charge in [0.15, 0.2) is 11.6 Å². The van der Waals surface area contributed by atoms with E-state index in [-0.39, 0.29) is 5.56 Å². The van der Waals surface area contributed by atoms with E-state index in [1.807, 2.05) is 0 Å². The monoisotopic (exact) mass is 286 g/mol. The van der Waals surface area contributed by atoms with Crippen LogP contribution in [-0.4, -0.2) is 17.4 Å². The van der Waals surface area contributed by atoms with Gasteiger partial charge in [0.2, 0.25) is 0 Å². The Morgan fingerprint density at radius 3 is 2.30 bits per heavy atom. The quantitative estimate of drug-likeness (QED) is 0.541. The second-order valence-corrected chi connectivity index (χ2v) is 4.81. The number of halogens is 2. The zero-order valence-electron chi connectivity index (χ0n) is 11.7. The Morgan fingerprint density at radius 1 is 1.00 bits per heavy atom. The van der Waals surface area contributed by atoms with Crippen molar-refractivity contribution in [3.63, 3.8) is 0 Å². The topological polar surface area (TPSA) is 49.7 Å². The third-order valence-corrected chi connectivity index (χ3v) is 3.16. The molecular weight excluding hydrogens is 265 g/mol. The fourth-order valence-corrected chi connectivity index (χ4v) is 2.07. The average Bonchev–Trinajstić information content (AvgIpc) is 2.41. The molecule has 0 atom stereocenters. The highest BCUT2D eigenvalue weighted by Crippen LogP contribution is 2.24. The van der Waals surface area contributed by atoms with Crippen molar-refractivity contribution in [1.29, 1.82) is 0 Å². The summed E-state index contributed by atoms with van der Waals surface area (Å²) in [7, 11) is -2.16. The summed E-state index contributed by atoms with van der Waals surface area (Å²) in [6.45, 7) is 2.14. The largest absolute Gasteiger partial charge is 0.707 e. The Bertz CT molecular complexity index is 414. The van der Waals surface area contributed by atoms with Crippen LogP contribution in [0.1, 0.15) is 51.0 Å². The van der Waals surface area contributed by atoms with Crippen LogP contribution in [0, 0.1) is 11.6 Å². The van der Waals surface area contributed by atoms with Crippen LogP contribution in [0.5, 0.6) is 5.75 Å². The van der Waals surface area contributed by atoms with Crippen LogP contribution >= 0.6 is 0 Å². The fourth-order valence-electron chi connectivity index (χ4n) is 2.07. The van der Waals surface area contributed by atoms with E-state index in [1.54, 1.807) is 0 Å². The Labute approximate surface area is 118 Å². The van der Waals surface area contributed by atoms with E-state index in [0.717, 1.165) is 19.3 Å². The Hall–Kier alpha value is -1.14. The molecule has 1 aromatic rings. The minimum atomic E-state index is -2.16. The summed E-state index contributed by atoms with van der Waals surface area (Å²) in [5.41, 5.74) is 0.290. The third kappa shape index (κ3) is 5.47. The standard InChI is InChI=1S/C14H21BF2O3/c1-2-3-4-5-6-7-8-11-9-10-12(20-15(18)19)14(17)13(11)16/h9-10,18-19H,2-8H2,1H3. The van der Waals surface area contributed by atoms with Crippen molar-refractivity contribution in [3.05, 3.63) is 29.3 Å². The summed E-state index contributed by atoms with van der Waals surface area (Å²) < 4.78 is 31.6. The smallest absolute Gasteiger partial charge is 0.509 e. The van der Waals surface area contributed by atoms with E-state index >= 15 is 0 Å². The van der Waals surface area contributed by atoms with Gasteiger partial charge >= 0.3 is 7.32 Å². The van der Waals surface area contributed by atoms with E-state index in [9.17, 15) is 8.78 Å². The third-order valence-electron chi connectivity index (χ3n) is 3.16. The van der Waals surface area contributed by atoms with Crippen molar-refractivity contribution < 1.29 is 23.5 Å². The molecule has 0 saturated carbocycles. The van der Waals surface area contributed by atoms with E-state index in [4.69, 9.17) is 10.0 Å². The first-order valence-electron chi connectivity index (χ1n) is 7.06. The SMILES string of the molecule is CCCCCCCCc1ccc(OB(O)O)c(F)c1F. The minimum absolute atomic E-state index is 0.290. The Kier molecular flexibility index (Phi) is 7.55. The average molecular weight is 286 g/mol. The van der Waals surface area contributed by atoms with Gasteiger partial charge in [0.1, 0.15) is 5.75 Å². The van der Waals surface area contributed by atoms with Crippen LogP contribution in [-0.2, 0) is 6.42 Å². The van der Waals surface area contributed by atoms with E-state index in [1.165, 1.54) is 31.4 Å². The number of rotatable bonds is 9. The maximum atomic E-state index is 13.7. The number of unbranched alkanes of at least 4 members (excludes halogenated alkanes) is 5. The molecule has 0 heterocycles. The molecule has 0 bridgehead atoms. The fraction of sp³-hybridized carbons (Fsp3) is 0.571. The van der Waals surface area contributed by atoms with Gasteiger partial charge in [0.25, 0.3) is 0 Å². The number of hydrogen-bond acceptors (Lipinski definition) is 3. The van der Waals surface area contributed by atoms with Crippen LogP contribution in [0.4, 0.5) is 8.78 Å². The lowest BCUT2D eigenvalue weighted by molar-refractivity contribution is 0.279. The van der Waals surface area contributed by atoms with Gasteiger partial charge in [0.05, 0.1) is 0 Å². The van der Waals surface area contributed by atoms with Crippen molar-refractivity contribution in [3.8, 4) is 5.75 Å². The molecule has 3 nitrogen and oxygen atoms in total. The molecule has 0 amide bonds. The van der Waals surface area contributed by atoms with Gasteiger partial charge in [0, 0.05) is 0 Å². The Morgan fingerprint density at radius 2 is 1.65 bits per heavy atom. The van der Waals surface area contributed by atoms with E-state index in [0.29, 0.717) is 6.42 Å². The first-order valence-corrected chi connectivity index (χ1v) is 7.06. The lowest BCUT2D eigenvalue weighted by atomic mass is 10.0. The summed E-state index contributed by atoms with van der Waals surface area (Å²) in [6.07, 6.45) is 6.94. The van der Waals surface area contributed by atoms with Gasteiger partial charge in [-0.15, -0.1) is 0 Å². The predicted molar refractivity (Wildman–Crippen MR) is 74.3 cm³/mol. The molecule has 1 aromatic carbocycles. The summed E-state index contributed by atoms with van der Waals surface area (Å²) in [4.78, 5) is 0.